The molecule has 0 aliphatic rings. The van der Waals surface area contributed by atoms with Crippen molar-refractivity contribution in [2.45, 2.75) is 40.2 Å². The van der Waals surface area contributed by atoms with Crippen molar-refractivity contribution < 1.29 is 0 Å². The van der Waals surface area contributed by atoms with Gasteiger partial charge in [0.05, 0.1) is 5.69 Å². The van der Waals surface area contributed by atoms with Gasteiger partial charge in [-0.25, -0.2) is 5.84 Å². The summed E-state index contributed by atoms with van der Waals surface area (Å²) in [6.07, 6.45) is 2.46. The van der Waals surface area contributed by atoms with Gasteiger partial charge in [-0.2, -0.15) is 5.10 Å². The predicted octanol–water partition coefficient (Wildman–Crippen LogP) is 1.64. The Morgan fingerprint density at radius 3 is 2.65 bits per heavy atom. The largest absolute Gasteiger partial charge is 0.308 e. The van der Waals surface area contributed by atoms with E-state index in [9.17, 15) is 0 Å². The van der Waals surface area contributed by atoms with Crippen LogP contribution in [0, 0.1) is 6.92 Å². The van der Waals surface area contributed by atoms with E-state index in [1.54, 1.807) is 4.68 Å². The number of hydrogen-bond donors (Lipinski definition) is 2. The Bertz CT molecular complexity index is 345. The van der Waals surface area contributed by atoms with Crippen molar-refractivity contribution in [2.24, 2.45) is 12.9 Å². The highest BCUT2D eigenvalue weighted by Crippen LogP contribution is 2.19. The van der Waals surface area contributed by atoms with Crippen LogP contribution in [0.25, 0.3) is 0 Å². The molecular weight excluding hydrogens is 214 g/mol. The molecule has 98 valence electrons. The first-order valence-electron chi connectivity index (χ1n) is 6.35. The predicted molar refractivity (Wildman–Crippen MR) is 71.6 cm³/mol. The Labute approximate surface area is 104 Å². The van der Waals surface area contributed by atoms with Gasteiger partial charge in [-0.05, 0) is 26.4 Å². The number of rotatable bonds is 7. The van der Waals surface area contributed by atoms with Crippen LogP contribution >= 0.6 is 0 Å². The molecule has 1 aromatic heterocycles. The average molecular weight is 239 g/mol. The van der Waals surface area contributed by atoms with Gasteiger partial charge in [0.15, 0.2) is 0 Å². The van der Waals surface area contributed by atoms with Gasteiger partial charge in [0.2, 0.25) is 0 Å². The SMILES string of the molecule is CCCCN(CC)Cc1c(C)nn(C)c1NN. The molecule has 5 nitrogen and oxygen atoms in total. The lowest BCUT2D eigenvalue weighted by Gasteiger charge is -2.20. The second kappa shape index (κ2) is 6.61. The molecule has 1 aromatic rings. The standard InChI is InChI=1S/C12H25N5/c1-5-7-8-17(6-2)9-11-10(3)15-16(4)12(11)14-13/h14H,5-9,13H2,1-4H3. The van der Waals surface area contributed by atoms with Gasteiger partial charge in [-0.3, -0.25) is 9.58 Å². The Hall–Kier alpha value is -1.07. The number of anilines is 1. The quantitative estimate of drug-likeness (QED) is 0.561. The molecule has 0 aliphatic heterocycles. The summed E-state index contributed by atoms with van der Waals surface area (Å²) in [4.78, 5) is 2.42. The van der Waals surface area contributed by atoms with Crippen molar-refractivity contribution in [1.82, 2.24) is 14.7 Å². The average Bonchev–Trinajstić information content (AvgIpc) is 2.58. The van der Waals surface area contributed by atoms with Gasteiger partial charge in [-0.1, -0.05) is 20.3 Å². The molecule has 0 radical (unpaired) electrons. The summed E-state index contributed by atoms with van der Waals surface area (Å²) in [5.41, 5.74) is 5.00. The van der Waals surface area contributed by atoms with Gasteiger partial charge in [0, 0.05) is 19.2 Å². The highest BCUT2D eigenvalue weighted by Gasteiger charge is 2.14. The highest BCUT2D eigenvalue weighted by molar-refractivity contribution is 5.46. The number of aromatic nitrogens is 2. The van der Waals surface area contributed by atoms with Crippen molar-refractivity contribution in [3.05, 3.63) is 11.3 Å². The fourth-order valence-electron chi connectivity index (χ4n) is 2.03. The topological polar surface area (TPSA) is 59.1 Å². The van der Waals surface area contributed by atoms with Crippen LogP contribution in [-0.2, 0) is 13.6 Å². The molecule has 1 heterocycles. The zero-order chi connectivity index (χ0) is 12.8. The molecule has 0 amide bonds. The summed E-state index contributed by atoms with van der Waals surface area (Å²) in [5.74, 6) is 6.47. The third-order valence-electron chi connectivity index (χ3n) is 3.14. The van der Waals surface area contributed by atoms with Crippen molar-refractivity contribution in [3.63, 3.8) is 0 Å². The molecule has 0 aromatic carbocycles. The molecule has 17 heavy (non-hydrogen) atoms. The zero-order valence-corrected chi connectivity index (χ0v) is 11.5. The van der Waals surface area contributed by atoms with Crippen molar-refractivity contribution >= 4 is 5.82 Å². The van der Waals surface area contributed by atoms with Crippen LogP contribution in [0.2, 0.25) is 0 Å². The molecule has 1 rings (SSSR count). The van der Waals surface area contributed by atoms with E-state index in [1.165, 1.54) is 18.4 Å². The summed E-state index contributed by atoms with van der Waals surface area (Å²) in [7, 11) is 1.91. The first kappa shape index (κ1) is 14.0. The van der Waals surface area contributed by atoms with Crippen molar-refractivity contribution in [2.75, 3.05) is 18.5 Å². The zero-order valence-electron chi connectivity index (χ0n) is 11.5. The summed E-state index contributed by atoms with van der Waals surface area (Å²) in [6, 6.07) is 0. The molecule has 3 N–H and O–H groups in total. The molecule has 0 saturated heterocycles. The number of nitrogens with one attached hydrogen (secondary N) is 1. The smallest absolute Gasteiger partial charge is 0.142 e. The van der Waals surface area contributed by atoms with E-state index in [4.69, 9.17) is 5.84 Å². The van der Waals surface area contributed by atoms with Crippen LogP contribution in [0.15, 0.2) is 0 Å². The normalized spacial score (nSPS) is 11.2. The number of nitrogens with zero attached hydrogens (tertiary/aromatic N) is 3. The lowest BCUT2D eigenvalue weighted by atomic mass is 10.2. The van der Waals surface area contributed by atoms with E-state index < -0.39 is 0 Å². The van der Waals surface area contributed by atoms with Crippen molar-refractivity contribution in [3.8, 4) is 0 Å². The lowest BCUT2D eigenvalue weighted by molar-refractivity contribution is 0.275. The minimum atomic E-state index is 0.912. The molecule has 0 atom stereocenters. The number of nitrogens with two attached hydrogens (primary N) is 1. The number of aryl methyl sites for hydroxylation is 2. The summed E-state index contributed by atoms with van der Waals surface area (Å²) < 4.78 is 1.80. The first-order valence-corrected chi connectivity index (χ1v) is 6.35. The number of hydrazine groups is 1. The number of unbranched alkanes of at least 4 members (excludes halogenated alkanes) is 1. The summed E-state index contributed by atoms with van der Waals surface area (Å²) in [6.45, 7) is 9.54. The maximum Gasteiger partial charge on any atom is 0.142 e. The highest BCUT2D eigenvalue weighted by atomic mass is 15.4. The van der Waals surface area contributed by atoms with Crippen LogP contribution in [0.5, 0.6) is 0 Å². The monoisotopic (exact) mass is 239 g/mol. The molecular formula is C12H25N5. The molecule has 0 bridgehead atoms. The molecule has 0 aliphatic carbocycles. The van der Waals surface area contributed by atoms with Crippen LogP contribution < -0.4 is 11.3 Å². The van der Waals surface area contributed by atoms with Gasteiger partial charge in [-0.15, -0.1) is 0 Å². The maximum atomic E-state index is 5.55. The third kappa shape index (κ3) is 3.44. The van der Waals surface area contributed by atoms with Gasteiger partial charge in [0.25, 0.3) is 0 Å². The van der Waals surface area contributed by atoms with E-state index in [0.29, 0.717) is 0 Å². The van der Waals surface area contributed by atoms with E-state index in [-0.39, 0.29) is 0 Å². The second-order valence-corrected chi connectivity index (χ2v) is 4.40. The van der Waals surface area contributed by atoms with Crippen LogP contribution in [0.3, 0.4) is 0 Å². The fourth-order valence-corrected chi connectivity index (χ4v) is 2.03. The lowest BCUT2D eigenvalue weighted by Crippen LogP contribution is -2.25. The Morgan fingerprint density at radius 1 is 1.41 bits per heavy atom. The number of hydrogen-bond acceptors (Lipinski definition) is 4. The van der Waals surface area contributed by atoms with Gasteiger partial charge in [0.1, 0.15) is 5.82 Å². The molecule has 0 fully saturated rings. The van der Waals surface area contributed by atoms with Gasteiger partial charge >= 0.3 is 0 Å². The first-order chi connectivity index (χ1) is 8.13. The summed E-state index contributed by atoms with van der Waals surface area (Å²) >= 11 is 0. The minimum Gasteiger partial charge on any atom is -0.308 e. The van der Waals surface area contributed by atoms with E-state index in [1.807, 2.05) is 14.0 Å². The van der Waals surface area contributed by atoms with Crippen LogP contribution in [0.4, 0.5) is 5.82 Å². The van der Waals surface area contributed by atoms with Crippen molar-refractivity contribution in [1.29, 1.82) is 0 Å². The summed E-state index contributed by atoms with van der Waals surface area (Å²) in [5, 5.41) is 4.40. The van der Waals surface area contributed by atoms with Gasteiger partial charge < -0.3 is 5.43 Å². The van der Waals surface area contributed by atoms with E-state index in [0.717, 1.165) is 31.1 Å². The van der Waals surface area contributed by atoms with E-state index in [2.05, 4.69) is 29.3 Å². The van der Waals surface area contributed by atoms with E-state index >= 15 is 0 Å². The fraction of sp³-hybridized carbons (Fsp3) is 0.750. The Balaban J connectivity index is 2.77. The molecule has 0 unspecified atom stereocenters. The number of nitrogen functional groups attached to an aromatic ring is 1. The third-order valence-corrected chi connectivity index (χ3v) is 3.14. The maximum absolute atomic E-state index is 5.55. The molecule has 5 heteroatoms. The second-order valence-electron chi connectivity index (χ2n) is 4.40. The Kier molecular flexibility index (Phi) is 5.44. The molecule has 0 saturated carbocycles. The molecule has 0 spiro atoms. The Morgan fingerprint density at radius 2 is 2.12 bits per heavy atom. The minimum absolute atomic E-state index is 0.912. The van der Waals surface area contributed by atoms with Crippen LogP contribution in [-0.4, -0.2) is 27.8 Å². The van der Waals surface area contributed by atoms with Crippen LogP contribution in [0.1, 0.15) is 37.9 Å².